The number of carbonyl (C=O) groups is 4. The molecule has 0 bridgehead atoms. The van der Waals surface area contributed by atoms with Crippen LogP contribution in [0.1, 0.15) is 133 Å². The second-order valence-corrected chi connectivity index (χ2v) is 16.7. The van der Waals surface area contributed by atoms with Gasteiger partial charge in [-0.3, -0.25) is 19.2 Å². The number of nitrogen functional groups attached to an aromatic ring is 1. The molecule has 12 heteroatoms. The Hall–Kier alpha value is -6.22. The molecule has 1 aliphatic rings. The zero-order valence-electron chi connectivity index (χ0n) is 37.1. The summed E-state index contributed by atoms with van der Waals surface area (Å²) in [5.41, 5.74) is 12.5. The van der Waals surface area contributed by atoms with Crippen molar-refractivity contribution < 1.29 is 19.2 Å². The number of hydrogen-bond donors (Lipinski definition) is 4. The second kappa shape index (κ2) is 23.8. The number of para-hydroxylation sites is 2. The second-order valence-electron chi connectivity index (χ2n) is 16.7. The van der Waals surface area contributed by atoms with Crippen LogP contribution in [0.15, 0.2) is 72.8 Å². The molecular weight excluding hydrogens is 789 g/mol. The Morgan fingerprint density at radius 3 is 2.14 bits per heavy atom. The van der Waals surface area contributed by atoms with Crippen LogP contribution in [-0.4, -0.2) is 57.3 Å². The van der Waals surface area contributed by atoms with Gasteiger partial charge in [-0.25, -0.2) is 9.97 Å². The number of amides is 4. The van der Waals surface area contributed by atoms with E-state index in [2.05, 4.69) is 50.3 Å². The van der Waals surface area contributed by atoms with Crippen LogP contribution < -0.4 is 26.6 Å². The molecule has 63 heavy (non-hydrogen) atoms. The highest BCUT2D eigenvalue weighted by atomic mass is 16.2. The lowest BCUT2D eigenvalue weighted by Crippen LogP contribution is -2.35. The van der Waals surface area contributed by atoms with Gasteiger partial charge in [-0.2, -0.15) is 0 Å². The minimum absolute atomic E-state index is 0.0345. The van der Waals surface area contributed by atoms with Gasteiger partial charge in [-0.05, 0) is 88.1 Å². The fraction of sp³-hybridized carbons (Fsp3) is 0.451. The van der Waals surface area contributed by atoms with E-state index >= 15 is 0 Å². The van der Waals surface area contributed by atoms with Crippen LogP contribution in [0.5, 0.6) is 0 Å². The first-order chi connectivity index (χ1) is 30.7. The lowest BCUT2D eigenvalue weighted by atomic mass is 10.0. The topological polar surface area (TPSA) is 164 Å². The van der Waals surface area contributed by atoms with Gasteiger partial charge < -0.3 is 31.2 Å². The summed E-state index contributed by atoms with van der Waals surface area (Å²) in [4.78, 5) is 62.4. The number of anilines is 2. The molecule has 1 atom stereocenters. The quantitative estimate of drug-likeness (QED) is 0.0359. The zero-order valence-corrected chi connectivity index (χ0v) is 37.1. The maximum Gasteiger partial charge on any atom is 0.227 e. The van der Waals surface area contributed by atoms with Crippen molar-refractivity contribution in [2.24, 2.45) is 0 Å². The van der Waals surface area contributed by atoms with Crippen molar-refractivity contribution in [3.8, 4) is 11.8 Å². The Balaban J connectivity index is 0.776. The van der Waals surface area contributed by atoms with E-state index in [1.54, 1.807) is 4.90 Å². The Kier molecular flexibility index (Phi) is 17.5. The van der Waals surface area contributed by atoms with Gasteiger partial charge in [0.15, 0.2) is 5.82 Å². The summed E-state index contributed by atoms with van der Waals surface area (Å²) in [6, 6.07) is 23.5. The molecule has 0 radical (unpaired) electrons. The minimum atomic E-state index is -0.146. The van der Waals surface area contributed by atoms with Gasteiger partial charge in [0.05, 0.1) is 23.3 Å². The predicted octanol–water partition coefficient (Wildman–Crippen LogP) is 8.26. The number of benzene rings is 3. The van der Waals surface area contributed by atoms with Crippen LogP contribution >= 0.6 is 0 Å². The molecule has 3 aromatic carbocycles. The summed E-state index contributed by atoms with van der Waals surface area (Å²) in [5.74, 6) is 7.81. The molecule has 5 N–H and O–H groups in total. The van der Waals surface area contributed by atoms with Gasteiger partial charge in [-0.1, -0.05) is 86.6 Å². The van der Waals surface area contributed by atoms with Crippen molar-refractivity contribution in [2.45, 2.75) is 136 Å². The highest BCUT2D eigenvalue weighted by Gasteiger charge is 2.22. The predicted molar refractivity (Wildman–Crippen MR) is 252 cm³/mol. The van der Waals surface area contributed by atoms with Gasteiger partial charge in [0, 0.05) is 74.3 Å². The number of imidazole rings is 1. The molecule has 3 heterocycles. The highest BCUT2D eigenvalue weighted by Crippen LogP contribution is 2.30. The zero-order chi connectivity index (χ0) is 44.4. The average molecular weight is 853 g/mol. The van der Waals surface area contributed by atoms with Gasteiger partial charge in [0.1, 0.15) is 11.3 Å². The number of unbranched alkanes of at least 4 members (excludes halogenated alkanes) is 6. The van der Waals surface area contributed by atoms with Crippen molar-refractivity contribution in [1.82, 2.24) is 30.5 Å². The number of fused-ring (bicyclic) bond motifs is 5. The molecule has 6 rings (SSSR count). The number of nitrogens with two attached hydrogens (primary N) is 1. The van der Waals surface area contributed by atoms with Gasteiger partial charge in [0.25, 0.3) is 0 Å². The molecule has 0 aliphatic carbocycles. The van der Waals surface area contributed by atoms with Gasteiger partial charge in [-0.15, -0.1) is 0 Å². The van der Waals surface area contributed by atoms with Crippen molar-refractivity contribution in [3.05, 3.63) is 95.3 Å². The smallest absolute Gasteiger partial charge is 0.227 e. The van der Waals surface area contributed by atoms with Crippen molar-refractivity contribution >= 4 is 57.1 Å². The van der Waals surface area contributed by atoms with E-state index < -0.39 is 0 Å². The lowest BCUT2D eigenvalue weighted by molar-refractivity contribution is -0.125. The van der Waals surface area contributed by atoms with Crippen molar-refractivity contribution in [3.63, 3.8) is 0 Å². The summed E-state index contributed by atoms with van der Waals surface area (Å²) < 4.78 is 2.31. The first-order valence-corrected chi connectivity index (χ1v) is 23.1. The SMILES string of the molecule is CCCCc1nc2c(N)nc3ccccc3c2n1CCCCNC(=O)CCCCCCC(=O)NCCCC[C@@H](C)NC(=O)CCC(=O)N1Cc2ccccc2C#Cc2ccccc21. The monoisotopic (exact) mass is 853 g/mol. The average Bonchev–Trinajstić information content (AvgIpc) is 3.65. The molecule has 0 saturated carbocycles. The fourth-order valence-corrected chi connectivity index (χ4v) is 8.18. The maximum atomic E-state index is 13.5. The number of hydrogen-bond acceptors (Lipinski definition) is 7. The van der Waals surface area contributed by atoms with E-state index in [9.17, 15) is 19.2 Å². The van der Waals surface area contributed by atoms with Gasteiger partial charge in [0.2, 0.25) is 23.6 Å². The Bertz CT molecular complexity index is 2410. The normalized spacial score (nSPS) is 12.4. The largest absolute Gasteiger partial charge is 0.382 e. The molecule has 2 aromatic heterocycles. The summed E-state index contributed by atoms with van der Waals surface area (Å²) in [6.45, 7) is 6.60. The minimum Gasteiger partial charge on any atom is -0.382 e. The van der Waals surface area contributed by atoms with E-state index in [4.69, 9.17) is 10.7 Å². The first-order valence-electron chi connectivity index (χ1n) is 23.1. The third-order valence-electron chi connectivity index (χ3n) is 11.7. The molecule has 0 fully saturated rings. The van der Waals surface area contributed by atoms with E-state index in [-0.39, 0.29) is 42.5 Å². The fourth-order valence-electron chi connectivity index (χ4n) is 8.18. The van der Waals surface area contributed by atoms with Crippen LogP contribution in [0, 0.1) is 11.8 Å². The third-order valence-corrected chi connectivity index (χ3v) is 11.7. The van der Waals surface area contributed by atoms with E-state index in [1.165, 1.54) is 0 Å². The number of aryl methyl sites for hydroxylation is 2. The Morgan fingerprint density at radius 2 is 1.38 bits per heavy atom. The van der Waals surface area contributed by atoms with Crippen molar-refractivity contribution in [2.75, 3.05) is 23.7 Å². The molecule has 332 valence electrons. The molecule has 0 saturated heterocycles. The van der Waals surface area contributed by atoms with Crippen LogP contribution in [0.3, 0.4) is 0 Å². The standard InChI is InChI=1S/C51H64N8O4/c1-3-4-26-44-57-49-50(41-23-12-13-24-42(41)56-51(49)52)58(44)35-18-17-34-54-46(61)28-8-6-5-7-27-45(60)53-33-16-15-19-37(2)55-47(62)31-32-48(63)59-36-40-22-10-9-20-38(40)29-30-39-21-11-14-25-43(39)59/h9-14,20-25,37H,3-8,15-19,26-28,31-36H2,1-2H3,(H2,52,56)(H,53,60)(H,54,61)(H,55,62)/t37-/m1/s1. The summed E-state index contributed by atoms with van der Waals surface area (Å²) >= 11 is 0. The molecule has 1 aliphatic heterocycles. The molecular formula is C51H64N8O4. The first kappa shape index (κ1) is 46.3. The molecule has 0 spiro atoms. The number of pyridine rings is 1. The van der Waals surface area contributed by atoms with Crippen LogP contribution in [0.4, 0.5) is 11.5 Å². The molecule has 12 nitrogen and oxygen atoms in total. The molecule has 5 aromatic rings. The van der Waals surface area contributed by atoms with Gasteiger partial charge >= 0.3 is 0 Å². The maximum absolute atomic E-state index is 13.5. The Labute approximate surface area is 372 Å². The number of carbonyl (C=O) groups excluding carboxylic acids is 4. The molecule has 4 amide bonds. The lowest BCUT2D eigenvalue weighted by Gasteiger charge is -2.26. The van der Waals surface area contributed by atoms with Crippen LogP contribution in [-0.2, 0) is 38.7 Å². The van der Waals surface area contributed by atoms with Crippen LogP contribution in [0.25, 0.3) is 21.9 Å². The third kappa shape index (κ3) is 13.4. The number of aromatic nitrogens is 3. The number of rotatable bonds is 24. The highest BCUT2D eigenvalue weighted by molar-refractivity contribution is 6.06. The Morgan fingerprint density at radius 1 is 0.714 bits per heavy atom. The summed E-state index contributed by atoms with van der Waals surface area (Å²) in [5, 5.41) is 10.2. The van der Waals surface area contributed by atoms with E-state index in [1.807, 2.05) is 73.7 Å². The molecule has 0 unspecified atom stereocenters. The number of nitrogens with one attached hydrogen (secondary N) is 3. The van der Waals surface area contributed by atoms with E-state index in [0.29, 0.717) is 38.3 Å². The van der Waals surface area contributed by atoms with Crippen LogP contribution in [0.2, 0.25) is 0 Å². The number of nitrogens with zero attached hydrogens (tertiary/aromatic N) is 4. The summed E-state index contributed by atoms with van der Waals surface area (Å²) in [7, 11) is 0. The van der Waals surface area contributed by atoms with Crippen molar-refractivity contribution in [1.29, 1.82) is 0 Å². The summed E-state index contributed by atoms with van der Waals surface area (Å²) in [6.07, 6.45) is 11.9. The van der Waals surface area contributed by atoms with E-state index in [0.717, 1.165) is 134 Å².